The molecule has 2 rings (SSSR count). The Morgan fingerprint density at radius 3 is 2.62 bits per heavy atom. The van der Waals surface area contributed by atoms with E-state index >= 15 is 0 Å². The SMILES string of the molecule is CCc1nn(C)c(CC)c1CNC(=NC)NC1CCN(CC(F)(F)F)C1. The van der Waals surface area contributed by atoms with E-state index in [1.165, 1.54) is 16.2 Å². The fourth-order valence-corrected chi connectivity index (χ4v) is 3.50. The number of alkyl halides is 3. The lowest BCUT2D eigenvalue weighted by Gasteiger charge is -2.20. The molecule has 1 aliphatic heterocycles. The zero-order valence-electron chi connectivity index (χ0n) is 15.9. The molecule has 0 radical (unpaired) electrons. The quantitative estimate of drug-likeness (QED) is 0.589. The van der Waals surface area contributed by atoms with Crippen molar-refractivity contribution in [2.45, 2.75) is 51.9 Å². The highest BCUT2D eigenvalue weighted by Gasteiger charge is 2.34. The molecule has 1 atom stereocenters. The first-order valence-electron chi connectivity index (χ1n) is 9.07. The van der Waals surface area contributed by atoms with Gasteiger partial charge in [-0.25, -0.2) is 0 Å². The van der Waals surface area contributed by atoms with Crippen LogP contribution in [0.4, 0.5) is 13.2 Å². The van der Waals surface area contributed by atoms with E-state index < -0.39 is 12.7 Å². The summed E-state index contributed by atoms with van der Waals surface area (Å²) >= 11 is 0. The van der Waals surface area contributed by atoms with Gasteiger partial charge < -0.3 is 10.6 Å². The van der Waals surface area contributed by atoms with Crippen molar-refractivity contribution in [1.82, 2.24) is 25.3 Å². The Labute approximate surface area is 152 Å². The molecule has 2 heterocycles. The maximum Gasteiger partial charge on any atom is 0.401 e. The van der Waals surface area contributed by atoms with Crippen LogP contribution in [0.25, 0.3) is 0 Å². The molecule has 1 fully saturated rings. The molecule has 0 saturated carbocycles. The lowest BCUT2D eigenvalue weighted by molar-refractivity contribution is -0.143. The summed E-state index contributed by atoms with van der Waals surface area (Å²) in [6, 6.07) is -0.0336. The molecule has 0 spiro atoms. The van der Waals surface area contributed by atoms with Gasteiger partial charge in [0.15, 0.2) is 5.96 Å². The average molecular weight is 374 g/mol. The number of guanidine groups is 1. The third-order valence-electron chi connectivity index (χ3n) is 4.70. The molecule has 2 N–H and O–H groups in total. The maximum atomic E-state index is 12.5. The molecule has 9 heteroatoms. The summed E-state index contributed by atoms with van der Waals surface area (Å²) in [5, 5.41) is 11.1. The number of halogens is 3. The Kier molecular flexibility index (Phi) is 6.91. The molecule has 0 bridgehead atoms. The number of hydrogen-bond donors (Lipinski definition) is 2. The lowest BCUT2D eigenvalue weighted by atomic mass is 10.1. The Hall–Kier alpha value is -1.77. The van der Waals surface area contributed by atoms with E-state index in [-0.39, 0.29) is 6.04 Å². The van der Waals surface area contributed by atoms with Crippen molar-refractivity contribution in [3.05, 3.63) is 17.0 Å². The van der Waals surface area contributed by atoms with E-state index in [4.69, 9.17) is 0 Å². The second kappa shape index (κ2) is 8.75. The van der Waals surface area contributed by atoms with E-state index in [2.05, 4.69) is 34.6 Å². The first kappa shape index (κ1) is 20.5. The van der Waals surface area contributed by atoms with Crippen LogP contribution in [0.15, 0.2) is 4.99 Å². The fraction of sp³-hybridized carbons (Fsp3) is 0.765. The second-order valence-electron chi connectivity index (χ2n) is 6.61. The first-order chi connectivity index (χ1) is 12.3. The van der Waals surface area contributed by atoms with E-state index in [1.807, 2.05) is 11.7 Å². The zero-order valence-corrected chi connectivity index (χ0v) is 15.9. The van der Waals surface area contributed by atoms with Crippen molar-refractivity contribution >= 4 is 5.96 Å². The van der Waals surface area contributed by atoms with Gasteiger partial charge >= 0.3 is 6.18 Å². The Morgan fingerprint density at radius 2 is 2.04 bits per heavy atom. The summed E-state index contributed by atoms with van der Waals surface area (Å²) < 4.78 is 39.4. The molecule has 26 heavy (non-hydrogen) atoms. The Bertz CT molecular complexity index is 623. The summed E-state index contributed by atoms with van der Waals surface area (Å²) in [7, 11) is 3.62. The van der Waals surface area contributed by atoms with Crippen LogP contribution < -0.4 is 10.6 Å². The minimum atomic E-state index is -4.15. The number of hydrogen-bond acceptors (Lipinski definition) is 3. The standard InChI is InChI=1S/C17H29F3N6/c1-5-14-13(15(6-2)25(4)24-14)9-22-16(21-3)23-12-7-8-26(10-12)11-17(18,19)20/h12H,5-11H2,1-4H3,(H2,21,22,23). The van der Waals surface area contributed by atoms with Crippen LogP contribution in [0.1, 0.15) is 37.2 Å². The summed E-state index contributed by atoms with van der Waals surface area (Å²) in [5.41, 5.74) is 3.41. The van der Waals surface area contributed by atoms with Crippen molar-refractivity contribution in [3.8, 4) is 0 Å². The smallest absolute Gasteiger partial charge is 0.352 e. The number of aromatic nitrogens is 2. The van der Waals surface area contributed by atoms with Crippen LogP contribution in [0.2, 0.25) is 0 Å². The average Bonchev–Trinajstić information content (AvgIpc) is 3.12. The van der Waals surface area contributed by atoms with Crippen LogP contribution in [-0.2, 0) is 26.4 Å². The van der Waals surface area contributed by atoms with Crippen LogP contribution in [-0.4, -0.2) is 59.5 Å². The Balaban J connectivity index is 1.91. The number of aryl methyl sites for hydroxylation is 2. The van der Waals surface area contributed by atoms with E-state index in [0.717, 1.165) is 18.5 Å². The van der Waals surface area contributed by atoms with Gasteiger partial charge in [-0.2, -0.15) is 18.3 Å². The first-order valence-corrected chi connectivity index (χ1v) is 9.07. The second-order valence-corrected chi connectivity index (χ2v) is 6.61. The maximum absolute atomic E-state index is 12.5. The predicted octanol–water partition coefficient (Wildman–Crippen LogP) is 1.85. The molecule has 1 saturated heterocycles. The molecule has 1 aromatic heterocycles. The molecule has 6 nitrogen and oxygen atoms in total. The van der Waals surface area contributed by atoms with Gasteiger partial charge in [-0.3, -0.25) is 14.6 Å². The van der Waals surface area contributed by atoms with Gasteiger partial charge in [0.1, 0.15) is 0 Å². The highest BCUT2D eigenvalue weighted by atomic mass is 19.4. The van der Waals surface area contributed by atoms with Gasteiger partial charge in [-0.15, -0.1) is 0 Å². The van der Waals surface area contributed by atoms with E-state index in [1.54, 1.807) is 7.05 Å². The van der Waals surface area contributed by atoms with E-state index in [9.17, 15) is 13.2 Å². The summed E-state index contributed by atoms with van der Waals surface area (Å²) in [6.07, 6.45) is -1.74. The molecule has 0 aromatic carbocycles. The summed E-state index contributed by atoms with van der Waals surface area (Å²) in [6.45, 7) is 4.72. The van der Waals surface area contributed by atoms with Crippen molar-refractivity contribution in [1.29, 1.82) is 0 Å². The molecule has 1 aromatic rings. The minimum absolute atomic E-state index is 0.0336. The third kappa shape index (κ3) is 5.36. The highest BCUT2D eigenvalue weighted by molar-refractivity contribution is 5.80. The van der Waals surface area contributed by atoms with Crippen molar-refractivity contribution < 1.29 is 13.2 Å². The normalized spacial score (nSPS) is 19.2. The van der Waals surface area contributed by atoms with Gasteiger partial charge in [0.25, 0.3) is 0 Å². The monoisotopic (exact) mass is 374 g/mol. The lowest BCUT2D eigenvalue weighted by Crippen LogP contribution is -2.45. The van der Waals surface area contributed by atoms with Gasteiger partial charge in [-0.05, 0) is 19.3 Å². The fourth-order valence-electron chi connectivity index (χ4n) is 3.50. The topological polar surface area (TPSA) is 57.5 Å². The summed E-state index contributed by atoms with van der Waals surface area (Å²) in [4.78, 5) is 5.64. The molecular weight excluding hydrogens is 345 g/mol. The number of nitrogens with one attached hydrogen (secondary N) is 2. The van der Waals surface area contributed by atoms with E-state index in [0.29, 0.717) is 32.0 Å². The van der Waals surface area contributed by atoms with Crippen LogP contribution in [0.5, 0.6) is 0 Å². The number of aliphatic imine (C=N–C) groups is 1. The molecule has 148 valence electrons. The number of nitrogens with zero attached hydrogens (tertiary/aromatic N) is 4. The Morgan fingerprint density at radius 1 is 1.31 bits per heavy atom. The zero-order chi connectivity index (χ0) is 19.3. The number of rotatable bonds is 6. The van der Waals surface area contributed by atoms with Crippen molar-refractivity contribution in [3.63, 3.8) is 0 Å². The number of likely N-dealkylation sites (tertiary alicyclic amines) is 1. The molecular formula is C17H29F3N6. The van der Waals surface area contributed by atoms with Gasteiger partial charge in [0, 0.05) is 51.0 Å². The van der Waals surface area contributed by atoms with Gasteiger partial charge in [0.05, 0.1) is 12.2 Å². The largest absolute Gasteiger partial charge is 0.401 e. The highest BCUT2D eigenvalue weighted by Crippen LogP contribution is 2.20. The third-order valence-corrected chi connectivity index (χ3v) is 4.70. The van der Waals surface area contributed by atoms with Crippen LogP contribution in [0.3, 0.4) is 0 Å². The molecule has 1 unspecified atom stereocenters. The van der Waals surface area contributed by atoms with Gasteiger partial charge in [0.2, 0.25) is 0 Å². The van der Waals surface area contributed by atoms with Crippen molar-refractivity contribution in [2.24, 2.45) is 12.0 Å². The predicted molar refractivity (Wildman–Crippen MR) is 96.2 cm³/mol. The molecule has 0 amide bonds. The molecule has 1 aliphatic rings. The minimum Gasteiger partial charge on any atom is -0.352 e. The van der Waals surface area contributed by atoms with Crippen LogP contribution in [0, 0.1) is 0 Å². The van der Waals surface area contributed by atoms with Crippen molar-refractivity contribution in [2.75, 3.05) is 26.7 Å². The molecule has 0 aliphatic carbocycles. The summed E-state index contributed by atoms with van der Waals surface area (Å²) in [5.74, 6) is 0.608. The van der Waals surface area contributed by atoms with Crippen LogP contribution >= 0.6 is 0 Å². The van der Waals surface area contributed by atoms with Gasteiger partial charge in [-0.1, -0.05) is 13.8 Å².